The maximum absolute atomic E-state index is 12.7. The fourth-order valence-corrected chi connectivity index (χ4v) is 4.05. The van der Waals surface area contributed by atoms with Crippen LogP contribution in [-0.4, -0.2) is 33.5 Å². The number of amides is 1. The van der Waals surface area contributed by atoms with Gasteiger partial charge in [0.25, 0.3) is 0 Å². The summed E-state index contributed by atoms with van der Waals surface area (Å²) in [6.45, 7) is -0.118. The van der Waals surface area contributed by atoms with E-state index in [0.29, 0.717) is 12.6 Å². The molecule has 0 bridgehead atoms. The summed E-state index contributed by atoms with van der Waals surface area (Å²) in [4.78, 5) is 11.5. The average molecular weight is 430 g/mol. The van der Waals surface area contributed by atoms with Gasteiger partial charge < -0.3 is 11.1 Å². The van der Waals surface area contributed by atoms with Crippen LogP contribution in [0, 0.1) is 5.92 Å². The molecule has 0 spiro atoms. The minimum atomic E-state index is -4.65. The molecule has 0 saturated heterocycles. The molecule has 0 aromatic heterocycles. The molecule has 1 aliphatic carbocycles. The van der Waals surface area contributed by atoms with Crippen LogP contribution in [-0.2, 0) is 21.0 Å². The molecule has 1 aromatic carbocycles. The monoisotopic (exact) mass is 429 g/mol. The van der Waals surface area contributed by atoms with Crippen molar-refractivity contribution in [3.63, 3.8) is 0 Å². The molecule has 1 saturated carbocycles. The highest BCUT2D eigenvalue weighted by atomic mass is 35.5. The van der Waals surface area contributed by atoms with Crippen LogP contribution >= 0.6 is 12.4 Å². The first-order valence-corrected chi connectivity index (χ1v) is 9.78. The first kappa shape index (κ1) is 23.7. The second-order valence-corrected chi connectivity index (χ2v) is 8.07. The zero-order chi connectivity index (χ0) is 19.4. The molecule has 1 fully saturated rings. The number of carbonyl (C=O) groups is 1. The number of halogens is 4. The molecule has 1 amide bonds. The van der Waals surface area contributed by atoms with Gasteiger partial charge in [0, 0.05) is 6.04 Å². The van der Waals surface area contributed by atoms with Crippen molar-refractivity contribution in [3.8, 4) is 0 Å². The van der Waals surface area contributed by atoms with Crippen LogP contribution in [0.25, 0.3) is 0 Å². The Balaban J connectivity index is 0.00000364. The van der Waals surface area contributed by atoms with Gasteiger partial charge in [0.05, 0.1) is 17.0 Å². The van der Waals surface area contributed by atoms with Crippen molar-refractivity contribution in [3.05, 3.63) is 29.8 Å². The van der Waals surface area contributed by atoms with Crippen molar-refractivity contribution in [1.82, 2.24) is 10.0 Å². The molecule has 11 heteroatoms. The summed E-state index contributed by atoms with van der Waals surface area (Å²) in [7, 11) is -4.23. The van der Waals surface area contributed by atoms with Crippen molar-refractivity contribution < 1.29 is 26.4 Å². The van der Waals surface area contributed by atoms with Crippen LogP contribution in [0.5, 0.6) is 0 Å². The third kappa shape index (κ3) is 6.63. The molecule has 27 heavy (non-hydrogen) atoms. The van der Waals surface area contributed by atoms with Gasteiger partial charge in [-0.3, -0.25) is 4.79 Å². The minimum absolute atomic E-state index is 0. The molecule has 0 heterocycles. The molecule has 6 nitrogen and oxygen atoms in total. The number of sulfonamides is 1. The normalized spacial score (nSPS) is 20.6. The maximum Gasteiger partial charge on any atom is 0.416 e. The van der Waals surface area contributed by atoms with E-state index < -0.39 is 39.1 Å². The Morgan fingerprint density at radius 3 is 2.52 bits per heavy atom. The quantitative estimate of drug-likeness (QED) is 0.644. The molecule has 4 N–H and O–H groups in total. The van der Waals surface area contributed by atoms with E-state index in [-0.39, 0.29) is 24.4 Å². The van der Waals surface area contributed by atoms with E-state index in [1.165, 1.54) is 0 Å². The Kier molecular flexibility index (Phi) is 8.52. The highest BCUT2D eigenvalue weighted by Crippen LogP contribution is 2.30. The summed E-state index contributed by atoms with van der Waals surface area (Å²) < 4.78 is 64.5. The predicted molar refractivity (Wildman–Crippen MR) is 96.8 cm³/mol. The number of carbonyl (C=O) groups excluding carboxylic acids is 1. The average Bonchev–Trinajstić information content (AvgIpc) is 2.60. The summed E-state index contributed by atoms with van der Waals surface area (Å²) in [5.41, 5.74) is 4.61. The van der Waals surface area contributed by atoms with Crippen LogP contribution in [0.3, 0.4) is 0 Å². The van der Waals surface area contributed by atoms with E-state index >= 15 is 0 Å². The van der Waals surface area contributed by atoms with Gasteiger partial charge in [-0.1, -0.05) is 18.9 Å². The van der Waals surface area contributed by atoms with Crippen LogP contribution in [0.4, 0.5) is 13.2 Å². The summed E-state index contributed by atoms with van der Waals surface area (Å²) in [6, 6.07) is 3.25. The molecule has 1 aliphatic rings. The second kappa shape index (κ2) is 9.72. The van der Waals surface area contributed by atoms with E-state index in [0.717, 1.165) is 43.9 Å². The van der Waals surface area contributed by atoms with Crippen LogP contribution in [0.1, 0.15) is 31.2 Å². The number of hydrogen-bond donors (Lipinski definition) is 3. The molecular formula is C16H23ClF3N3O3S. The van der Waals surface area contributed by atoms with Crippen LogP contribution in [0.2, 0.25) is 0 Å². The second-order valence-electron chi connectivity index (χ2n) is 6.30. The van der Waals surface area contributed by atoms with Crippen molar-refractivity contribution in [1.29, 1.82) is 0 Å². The fraction of sp³-hybridized carbons (Fsp3) is 0.562. The number of benzene rings is 1. The van der Waals surface area contributed by atoms with Crippen LogP contribution in [0.15, 0.2) is 29.2 Å². The highest BCUT2D eigenvalue weighted by Gasteiger charge is 2.32. The van der Waals surface area contributed by atoms with Crippen molar-refractivity contribution >= 4 is 28.3 Å². The van der Waals surface area contributed by atoms with Gasteiger partial charge in [-0.25, -0.2) is 13.1 Å². The molecular weight excluding hydrogens is 407 g/mol. The molecule has 2 atom stereocenters. The Bertz CT molecular complexity index is 744. The zero-order valence-electron chi connectivity index (χ0n) is 14.5. The third-order valence-electron chi connectivity index (χ3n) is 4.45. The number of alkyl halides is 3. The SMILES string of the molecule is Cl.NCC1CCCCC1NC(=O)CNS(=O)(=O)c1cccc(C(F)(F)F)c1. The van der Waals surface area contributed by atoms with E-state index in [1.54, 1.807) is 0 Å². The zero-order valence-corrected chi connectivity index (χ0v) is 16.1. The number of rotatable bonds is 6. The Morgan fingerprint density at radius 1 is 1.22 bits per heavy atom. The Morgan fingerprint density at radius 2 is 1.89 bits per heavy atom. The molecule has 0 aliphatic heterocycles. The van der Waals surface area contributed by atoms with Gasteiger partial charge in [-0.15, -0.1) is 12.4 Å². The maximum atomic E-state index is 12.7. The number of hydrogen-bond acceptors (Lipinski definition) is 4. The molecule has 2 unspecified atom stereocenters. The van der Waals surface area contributed by atoms with Crippen molar-refractivity contribution in [2.75, 3.05) is 13.1 Å². The molecule has 1 aromatic rings. The standard InChI is InChI=1S/C16H22F3N3O3S.ClH/c17-16(18,19)12-5-3-6-13(8-12)26(24,25)21-10-15(23)22-14-7-2-1-4-11(14)9-20;/h3,5-6,8,11,14,21H,1-2,4,7,9-10,20H2,(H,22,23);1H. The Labute approximate surface area is 162 Å². The summed E-state index contributed by atoms with van der Waals surface area (Å²) >= 11 is 0. The number of nitrogens with one attached hydrogen (secondary N) is 2. The smallest absolute Gasteiger partial charge is 0.352 e. The van der Waals surface area contributed by atoms with E-state index in [2.05, 4.69) is 5.32 Å². The minimum Gasteiger partial charge on any atom is -0.352 e. The lowest BCUT2D eigenvalue weighted by Gasteiger charge is -2.31. The lowest BCUT2D eigenvalue weighted by molar-refractivity contribution is -0.137. The highest BCUT2D eigenvalue weighted by molar-refractivity contribution is 7.89. The molecule has 0 radical (unpaired) electrons. The van der Waals surface area contributed by atoms with E-state index in [1.807, 2.05) is 4.72 Å². The summed E-state index contributed by atoms with van der Waals surface area (Å²) in [6.07, 6.45) is -0.986. The summed E-state index contributed by atoms with van der Waals surface area (Å²) in [5.74, 6) is -0.390. The lowest BCUT2D eigenvalue weighted by atomic mass is 9.84. The third-order valence-corrected chi connectivity index (χ3v) is 5.85. The topological polar surface area (TPSA) is 101 Å². The predicted octanol–water partition coefficient (Wildman–Crippen LogP) is 2.04. The van der Waals surface area contributed by atoms with Gasteiger partial charge in [0.2, 0.25) is 15.9 Å². The van der Waals surface area contributed by atoms with Gasteiger partial charge in [-0.05, 0) is 43.5 Å². The van der Waals surface area contributed by atoms with E-state index in [9.17, 15) is 26.4 Å². The van der Waals surface area contributed by atoms with Gasteiger partial charge >= 0.3 is 6.18 Å². The largest absolute Gasteiger partial charge is 0.416 e. The first-order chi connectivity index (χ1) is 12.1. The van der Waals surface area contributed by atoms with E-state index in [4.69, 9.17) is 5.73 Å². The van der Waals surface area contributed by atoms with Crippen molar-refractivity contribution in [2.24, 2.45) is 11.7 Å². The van der Waals surface area contributed by atoms with Crippen LogP contribution < -0.4 is 15.8 Å². The lowest BCUT2D eigenvalue weighted by Crippen LogP contribution is -2.48. The Hall–Kier alpha value is -1.36. The first-order valence-electron chi connectivity index (χ1n) is 8.30. The van der Waals surface area contributed by atoms with Gasteiger partial charge in [0.15, 0.2) is 0 Å². The molecule has 154 valence electrons. The summed E-state index contributed by atoms with van der Waals surface area (Å²) in [5, 5.41) is 2.75. The fourth-order valence-electron chi connectivity index (χ4n) is 3.02. The van der Waals surface area contributed by atoms with Gasteiger partial charge in [-0.2, -0.15) is 13.2 Å². The molecule has 2 rings (SSSR count). The van der Waals surface area contributed by atoms with Gasteiger partial charge in [0.1, 0.15) is 0 Å². The number of nitrogens with two attached hydrogens (primary N) is 1. The van der Waals surface area contributed by atoms with Crippen molar-refractivity contribution in [2.45, 2.75) is 42.8 Å².